The molecule has 2 saturated heterocycles. The molecule has 208 valence electrons. The Morgan fingerprint density at radius 2 is 1.11 bits per heavy atom. The summed E-state index contributed by atoms with van der Waals surface area (Å²) in [5, 5.41) is 0. The van der Waals surface area contributed by atoms with Gasteiger partial charge in [-0.25, -0.2) is 19.4 Å². The number of hydrogen-bond donors (Lipinski definition) is 0. The molecule has 2 aliphatic rings. The van der Waals surface area contributed by atoms with Crippen LogP contribution in [0, 0.1) is 10.8 Å². The fraction of sp³-hybridized carbons (Fsp3) is 0.778. The first-order valence-corrected chi connectivity index (χ1v) is 13.4. The molecule has 0 radical (unpaired) electrons. The molecule has 2 fully saturated rings. The lowest BCUT2D eigenvalue weighted by molar-refractivity contribution is -0.139. The Morgan fingerprint density at radius 1 is 0.703 bits per heavy atom. The topological polar surface area (TPSA) is 115 Å². The summed E-state index contributed by atoms with van der Waals surface area (Å²) in [4.78, 5) is 81.6. The van der Waals surface area contributed by atoms with Crippen molar-refractivity contribution in [1.29, 1.82) is 0 Å². The van der Waals surface area contributed by atoms with E-state index in [1.165, 1.54) is 9.80 Å². The fourth-order valence-electron chi connectivity index (χ4n) is 4.76. The van der Waals surface area contributed by atoms with Gasteiger partial charge in [-0.05, 0) is 38.5 Å². The van der Waals surface area contributed by atoms with Gasteiger partial charge in [-0.1, -0.05) is 34.6 Å². The molecule has 0 bridgehead atoms. The van der Waals surface area contributed by atoms with E-state index in [1.54, 1.807) is 27.7 Å². The maximum atomic E-state index is 13.1. The molecule has 37 heavy (non-hydrogen) atoms. The van der Waals surface area contributed by atoms with Gasteiger partial charge in [-0.15, -0.1) is 0 Å². The first-order valence-electron chi connectivity index (χ1n) is 13.4. The summed E-state index contributed by atoms with van der Waals surface area (Å²) in [7, 11) is 0. The van der Waals surface area contributed by atoms with Crippen molar-refractivity contribution in [2.24, 2.45) is 10.8 Å². The second-order valence-corrected chi connectivity index (χ2v) is 12.0. The Morgan fingerprint density at radius 3 is 1.46 bits per heavy atom. The van der Waals surface area contributed by atoms with Crippen molar-refractivity contribution in [2.75, 3.05) is 26.2 Å². The van der Waals surface area contributed by atoms with E-state index in [2.05, 4.69) is 20.8 Å². The minimum absolute atomic E-state index is 0.0287. The normalized spacial score (nSPS) is 17.2. The van der Waals surface area contributed by atoms with Gasteiger partial charge in [0.15, 0.2) is 0 Å². The molecular formula is C27H44N4O6. The van der Waals surface area contributed by atoms with Crippen LogP contribution in [0.5, 0.6) is 0 Å². The van der Waals surface area contributed by atoms with E-state index in [9.17, 15) is 28.8 Å². The largest absolute Gasteiger partial charge is 0.328 e. The molecule has 0 unspecified atom stereocenters. The van der Waals surface area contributed by atoms with Crippen LogP contribution in [-0.4, -0.2) is 87.4 Å². The summed E-state index contributed by atoms with van der Waals surface area (Å²) in [5.41, 5.74) is -0.839. The number of urea groups is 2. The molecule has 0 saturated carbocycles. The molecule has 0 atom stereocenters. The maximum absolute atomic E-state index is 13.1. The Balaban J connectivity index is 2.11. The van der Waals surface area contributed by atoms with E-state index in [-0.39, 0.29) is 49.3 Å². The molecule has 2 heterocycles. The quantitative estimate of drug-likeness (QED) is 0.322. The third-order valence-corrected chi connectivity index (χ3v) is 7.21. The molecule has 0 aliphatic carbocycles. The van der Waals surface area contributed by atoms with Gasteiger partial charge < -0.3 is 9.80 Å². The molecule has 2 rings (SSSR count). The number of Topliss-reactive ketones (excluding diaryl/α,β-unsaturated/α-hetero) is 2. The van der Waals surface area contributed by atoms with Crippen LogP contribution in [0.15, 0.2) is 0 Å². The van der Waals surface area contributed by atoms with E-state index in [0.717, 1.165) is 16.2 Å². The predicted molar refractivity (Wildman–Crippen MR) is 138 cm³/mol. The van der Waals surface area contributed by atoms with Crippen molar-refractivity contribution >= 4 is 35.4 Å². The highest BCUT2D eigenvalue weighted by atomic mass is 16.2. The van der Waals surface area contributed by atoms with Crippen LogP contribution in [0.25, 0.3) is 0 Å². The third-order valence-electron chi connectivity index (χ3n) is 7.21. The number of imide groups is 2. The Hall–Kier alpha value is -2.78. The minimum Gasteiger partial charge on any atom is -0.315 e. The average Bonchev–Trinajstić information content (AvgIpc) is 3.25. The van der Waals surface area contributed by atoms with Gasteiger partial charge in [0.25, 0.3) is 11.8 Å². The molecule has 0 aromatic carbocycles. The lowest BCUT2D eigenvalue weighted by Crippen LogP contribution is -2.60. The first-order chi connectivity index (χ1) is 17.1. The smallest absolute Gasteiger partial charge is 0.315 e. The Kier molecular flexibility index (Phi) is 10.0. The molecule has 6 amide bonds. The highest BCUT2D eigenvalue weighted by molar-refractivity contribution is 6.06. The van der Waals surface area contributed by atoms with Crippen LogP contribution >= 0.6 is 0 Å². The van der Waals surface area contributed by atoms with Crippen LogP contribution in [0.3, 0.4) is 0 Å². The number of nitrogens with zero attached hydrogens (tertiary/aromatic N) is 4. The van der Waals surface area contributed by atoms with E-state index in [4.69, 9.17) is 0 Å². The molecule has 0 aromatic rings. The zero-order valence-corrected chi connectivity index (χ0v) is 23.6. The van der Waals surface area contributed by atoms with E-state index in [1.807, 2.05) is 0 Å². The van der Waals surface area contributed by atoms with Gasteiger partial charge >= 0.3 is 12.1 Å². The molecular weight excluding hydrogens is 476 g/mol. The van der Waals surface area contributed by atoms with Crippen LogP contribution in [0.2, 0.25) is 0 Å². The van der Waals surface area contributed by atoms with Crippen molar-refractivity contribution in [3.63, 3.8) is 0 Å². The van der Waals surface area contributed by atoms with Gasteiger partial charge in [0.05, 0.1) is 0 Å². The Labute approximate surface area is 220 Å². The van der Waals surface area contributed by atoms with Gasteiger partial charge in [-0.2, -0.15) is 0 Å². The molecule has 0 aromatic heterocycles. The molecule has 10 heteroatoms. The predicted octanol–water partition coefficient (Wildman–Crippen LogP) is 3.82. The van der Waals surface area contributed by atoms with E-state index >= 15 is 0 Å². The third kappa shape index (κ3) is 7.61. The van der Waals surface area contributed by atoms with Gasteiger partial charge in [0.1, 0.15) is 30.8 Å². The van der Waals surface area contributed by atoms with Crippen LogP contribution in [0.1, 0.15) is 93.4 Å². The van der Waals surface area contributed by atoms with Gasteiger partial charge in [-0.3, -0.25) is 19.2 Å². The maximum Gasteiger partial charge on any atom is 0.328 e. The van der Waals surface area contributed by atoms with E-state index in [0.29, 0.717) is 32.4 Å². The second-order valence-electron chi connectivity index (χ2n) is 12.0. The monoisotopic (exact) mass is 520 g/mol. The summed E-state index contributed by atoms with van der Waals surface area (Å²) in [6.45, 7) is 13.7. The highest BCUT2D eigenvalue weighted by Crippen LogP contribution is 2.37. The number of ketones is 2. The number of hydrogen-bond acceptors (Lipinski definition) is 6. The van der Waals surface area contributed by atoms with Crippen LogP contribution in [0.4, 0.5) is 9.59 Å². The fourth-order valence-corrected chi connectivity index (χ4v) is 4.76. The molecule has 2 aliphatic heterocycles. The summed E-state index contributed by atoms with van der Waals surface area (Å²) < 4.78 is 0. The molecule has 10 nitrogen and oxygen atoms in total. The number of rotatable bonds is 14. The lowest BCUT2D eigenvalue weighted by Gasteiger charge is -2.42. The number of amides is 6. The minimum atomic E-state index is -1.13. The second kappa shape index (κ2) is 12.2. The summed E-state index contributed by atoms with van der Waals surface area (Å²) in [6.07, 6.45) is 1.71. The summed E-state index contributed by atoms with van der Waals surface area (Å²) >= 11 is 0. The number of carbonyl (C=O) groups excluding carboxylic acids is 6. The molecule has 0 spiro atoms. The zero-order valence-electron chi connectivity index (χ0n) is 23.6. The summed E-state index contributed by atoms with van der Waals surface area (Å²) in [5.74, 6) is -0.818. The van der Waals surface area contributed by atoms with Crippen molar-refractivity contribution in [3.8, 4) is 0 Å². The van der Waals surface area contributed by atoms with Gasteiger partial charge in [0, 0.05) is 44.2 Å². The SMILES string of the molecule is CCN1CC(=O)N(C(N2C(=O)CN(CC)C2=O)C(C)(C)CCC(=O)CCCC(=O)CCC(C)(C)C)C1=O. The highest BCUT2D eigenvalue weighted by Gasteiger charge is 2.54. The van der Waals surface area contributed by atoms with Crippen molar-refractivity contribution in [3.05, 3.63) is 0 Å². The number of likely N-dealkylation sites (N-methyl/N-ethyl adjacent to an activating group) is 2. The van der Waals surface area contributed by atoms with Crippen LogP contribution in [-0.2, 0) is 19.2 Å². The summed E-state index contributed by atoms with van der Waals surface area (Å²) in [6, 6.07) is -1.08. The van der Waals surface area contributed by atoms with Crippen molar-refractivity contribution < 1.29 is 28.8 Å². The van der Waals surface area contributed by atoms with Crippen molar-refractivity contribution in [2.45, 2.75) is 99.6 Å². The number of carbonyl (C=O) groups is 6. The zero-order chi connectivity index (χ0) is 28.1. The van der Waals surface area contributed by atoms with E-state index < -0.39 is 35.5 Å². The first kappa shape index (κ1) is 30.4. The average molecular weight is 521 g/mol. The standard InChI is InChI=1S/C27H44N4O6/c1-8-28-17-21(34)30(24(28)36)23(31-22(35)18-29(9-2)25(31)37)27(6,7)16-14-20(33)12-10-11-19(32)13-15-26(3,4)5/h23H,8-18H2,1-7H3. The van der Waals surface area contributed by atoms with Crippen molar-refractivity contribution in [1.82, 2.24) is 19.6 Å². The Bertz CT molecular complexity index is 880. The van der Waals surface area contributed by atoms with Gasteiger partial charge in [0.2, 0.25) is 0 Å². The lowest BCUT2D eigenvalue weighted by atomic mass is 9.81. The molecule has 0 N–H and O–H groups in total. The van der Waals surface area contributed by atoms with Crippen LogP contribution < -0.4 is 0 Å².